The van der Waals surface area contributed by atoms with E-state index >= 15 is 0 Å². The third-order valence-electron chi connectivity index (χ3n) is 3.20. The summed E-state index contributed by atoms with van der Waals surface area (Å²) in [6.45, 7) is 3.88. The van der Waals surface area contributed by atoms with Crippen LogP contribution < -0.4 is 4.74 Å². The zero-order chi connectivity index (χ0) is 13.1. The molecule has 0 bridgehead atoms. The Morgan fingerprint density at radius 1 is 1.11 bits per heavy atom. The van der Waals surface area contributed by atoms with Gasteiger partial charge in [-0.25, -0.2) is 0 Å². The summed E-state index contributed by atoms with van der Waals surface area (Å²) in [4.78, 5) is 11.2. The molecular formula is C16H16O2. The maximum Gasteiger partial charge on any atom is 0.150 e. The van der Waals surface area contributed by atoms with Crippen LogP contribution in [-0.4, -0.2) is 13.4 Å². The molecule has 0 saturated carbocycles. The minimum atomic E-state index is 0.745. The molecule has 0 amide bonds. The molecule has 2 aromatic rings. The smallest absolute Gasteiger partial charge is 0.150 e. The standard InChI is InChI=1S/C16H16O2/c1-11-9-15(18-3)16(12(2)14(11)10-17)13-7-5-4-6-8-13/h4-10H,1-3H3. The number of ether oxygens (including phenoxy) is 1. The van der Waals surface area contributed by atoms with Crippen LogP contribution in [0.5, 0.6) is 5.75 Å². The van der Waals surface area contributed by atoms with Crippen LogP contribution in [0.2, 0.25) is 0 Å². The van der Waals surface area contributed by atoms with Crippen molar-refractivity contribution < 1.29 is 9.53 Å². The van der Waals surface area contributed by atoms with Crippen LogP contribution in [0.4, 0.5) is 0 Å². The Bertz CT molecular complexity index is 571. The molecule has 0 heterocycles. The first-order valence-electron chi connectivity index (χ1n) is 5.87. The summed E-state index contributed by atoms with van der Waals surface area (Å²) < 4.78 is 5.44. The largest absolute Gasteiger partial charge is 0.496 e. The van der Waals surface area contributed by atoms with Gasteiger partial charge in [0.1, 0.15) is 5.75 Å². The van der Waals surface area contributed by atoms with Crippen LogP contribution in [0.25, 0.3) is 11.1 Å². The lowest BCUT2D eigenvalue weighted by Crippen LogP contribution is -1.98. The molecule has 0 unspecified atom stereocenters. The Balaban J connectivity index is 2.76. The normalized spacial score (nSPS) is 10.2. The van der Waals surface area contributed by atoms with Gasteiger partial charge in [0.25, 0.3) is 0 Å². The van der Waals surface area contributed by atoms with E-state index in [1.54, 1.807) is 7.11 Å². The van der Waals surface area contributed by atoms with Crippen molar-refractivity contribution in [2.75, 3.05) is 7.11 Å². The van der Waals surface area contributed by atoms with Gasteiger partial charge in [0, 0.05) is 11.1 Å². The number of hydrogen-bond acceptors (Lipinski definition) is 2. The van der Waals surface area contributed by atoms with Gasteiger partial charge in [0.05, 0.1) is 7.11 Å². The average Bonchev–Trinajstić information content (AvgIpc) is 2.39. The van der Waals surface area contributed by atoms with E-state index in [4.69, 9.17) is 4.74 Å². The predicted octanol–water partition coefficient (Wildman–Crippen LogP) is 3.79. The first kappa shape index (κ1) is 12.4. The van der Waals surface area contributed by atoms with Crippen molar-refractivity contribution in [2.24, 2.45) is 0 Å². The number of benzene rings is 2. The molecule has 18 heavy (non-hydrogen) atoms. The SMILES string of the molecule is COc1cc(C)c(C=O)c(C)c1-c1ccccc1. The van der Waals surface area contributed by atoms with Crippen molar-refractivity contribution in [3.8, 4) is 16.9 Å². The topological polar surface area (TPSA) is 26.3 Å². The minimum absolute atomic E-state index is 0.745. The fourth-order valence-corrected chi connectivity index (χ4v) is 2.27. The third-order valence-corrected chi connectivity index (χ3v) is 3.20. The lowest BCUT2D eigenvalue weighted by molar-refractivity contribution is 0.112. The Labute approximate surface area is 107 Å². The molecule has 0 aliphatic heterocycles. The highest BCUT2D eigenvalue weighted by Gasteiger charge is 2.14. The molecule has 0 saturated heterocycles. The molecule has 92 valence electrons. The van der Waals surface area contributed by atoms with Crippen LogP contribution in [0.3, 0.4) is 0 Å². The monoisotopic (exact) mass is 240 g/mol. The van der Waals surface area contributed by atoms with Gasteiger partial charge in [0.15, 0.2) is 6.29 Å². The summed E-state index contributed by atoms with van der Waals surface area (Å²) in [6, 6.07) is 11.9. The number of carbonyl (C=O) groups excluding carboxylic acids is 1. The summed E-state index contributed by atoms with van der Waals surface area (Å²) in [5, 5.41) is 0. The second-order valence-electron chi connectivity index (χ2n) is 4.29. The Morgan fingerprint density at radius 3 is 2.33 bits per heavy atom. The van der Waals surface area contributed by atoms with E-state index in [0.717, 1.165) is 39.9 Å². The summed E-state index contributed by atoms with van der Waals surface area (Å²) in [6.07, 6.45) is 0.913. The van der Waals surface area contributed by atoms with Gasteiger partial charge in [0.2, 0.25) is 0 Å². The van der Waals surface area contributed by atoms with Gasteiger partial charge in [-0.15, -0.1) is 0 Å². The molecule has 2 heteroatoms. The van der Waals surface area contributed by atoms with Crippen LogP contribution in [0.1, 0.15) is 21.5 Å². The maximum atomic E-state index is 11.2. The maximum absolute atomic E-state index is 11.2. The van der Waals surface area contributed by atoms with Gasteiger partial charge in [-0.2, -0.15) is 0 Å². The van der Waals surface area contributed by atoms with Gasteiger partial charge in [-0.1, -0.05) is 30.3 Å². The quantitative estimate of drug-likeness (QED) is 0.763. The Hall–Kier alpha value is -2.09. The van der Waals surface area contributed by atoms with Crippen molar-refractivity contribution in [1.29, 1.82) is 0 Å². The number of methoxy groups -OCH3 is 1. The summed E-state index contributed by atoms with van der Waals surface area (Å²) >= 11 is 0. The van der Waals surface area contributed by atoms with Gasteiger partial charge < -0.3 is 4.74 Å². The first-order valence-corrected chi connectivity index (χ1v) is 5.87. The van der Waals surface area contributed by atoms with E-state index in [-0.39, 0.29) is 0 Å². The highest BCUT2D eigenvalue weighted by Crippen LogP contribution is 2.36. The molecular weight excluding hydrogens is 224 g/mol. The lowest BCUT2D eigenvalue weighted by atomic mass is 9.93. The zero-order valence-electron chi connectivity index (χ0n) is 10.9. The van der Waals surface area contributed by atoms with Crippen molar-refractivity contribution in [3.05, 3.63) is 53.1 Å². The molecule has 2 rings (SSSR count). The van der Waals surface area contributed by atoms with Crippen LogP contribution in [-0.2, 0) is 0 Å². The Morgan fingerprint density at radius 2 is 1.78 bits per heavy atom. The molecule has 2 aromatic carbocycles. The molecule has 0 fully saturated rings. The van der Waals surface area contributed by atoms with Crippen molar-refractivity contribution in [2.45, 2.75) is 13.8 Å². The van der Waals surface area contributed by atoms with Crippen LogP contribution in [0, 0.1) is 13.8 Å². The summed E-state index contributed by atoms with van der Waals surface area (Å²) in [7, 11) is 1.65. The van der Waals surface area contributed by atoms with Crippen LogP contribution in [0.15, 0.2) is 36.4 Å². The van der Waals surface area contributed by atoms with E-state index in [1.807, 2.05) is 50.2 Å². The van der Waals surface area contributed by atoms with E-state index in [2.05, 4.69) is 0 Å². The predicted molar refractivity (Wildman–Crippen MR) is 73.3 cm³/mol. The second-order valence-corrected chi connectivity index (χ2v) is 4.29. The Kier molecular flexibility index (Phi) is 3.47. The molecule has 0 aliphatic rings. The van der Waals surface area contributed by atoms with E-state index in [0.29, 0.717) is 0 Å². The number of aldehydes is 1. The van der Waals surface area contributed by atoms with Crippen molar-refractivity contribution in [3.63, 3.8) is 0 Å². The minimum Gasteiger partial charge on any atom is -0.496 e. The zero-order valence-corrected chi connectivity index (χ0v) is 10.9. The molecule has 2 nitrogen and oxygen atoms in total. The number of rotatable bonds is 3. The molecule has 0 atom stereocenters. The van der Waals surface area contributed by atoms with Crippen molar-refractivity contribution >= 4 is 6.29 Å². The third kappa shape index (κ3) is 2.02. The lowest BCUT2D eigenvalue weighted by Gasteiger charge is -2.15. The van der Waals surface area contributed by atoms with Gasteiger partial charge in [-0.05, 0) is 36.6 Å². The van der Waals surface area contributed by atoms with Gasteiger partial charge >= 0.3 is 0 Å². The van der Waals surface area contributed by atoms with E-state index in [9.17, 15) is 4.79 Å². The fourth-order valence-electron chi connectivity index (χ4n) is 2.27. The number of aryl methyl sites for hydroxylation is 1. The summed E-state index contributed by atoms with van der Waals surface area (Å²) in [5.41, 5.74) is 4.71. The average molecular weight is 240 g/mol. The highest BCUT2D eigenvalue weighted by molar-refractivity contribution is 5.87. The second kappa shape index (κ2) is 5.05. The molecule has 0 radical (unpaired) electrons. The number of hydrogen-bond donors (Lipinski definition) is 0. The molecule has 0 spiro atoms. The fraction of sp³-hybridized carbons (Fsp3) is 0.188. The van der Waals surface area contributed by atoms with Crippen molar-refractivity contribution in [1.82, 2.24) is 0 Å². The molecule has 0 aliphatic carbocycles. The van der Waals surface area contributed by atoms with Gasteiger partial charge in [-0.3, -0.25) is 4.79 Å². The van der Waals surface area contributed by atoms with E-state index < -0.39 is 0 Å². The summed E-state index contributed by atoms with van der Waals surface area (Å²) in [5.74, 6) is 0.807. The highest BCUT2D eigenvalue weighted by atomic mass is 16.5. The molecule has 0 aromatic heterocycles. The van der Waals surface area contributed by atoms with Crippen LogP contribution >= 0.6 is 0 Å². The molecule has 0 N–H and O–H groups in total. The van der Waals surface area contributed by atoms with E-state index in [1.165, 1.54) is 0 Å². The first-order chi connectivity index (χ1) is 8.69. The number of carbonyl (C=O) groups is 1.